The highest BCUT2D eigenvalue weighted by Gasteiger charge is 2.32. The molecule has 1 aliphatic heterocycles. The van der Waals surface area contributed by atoms with E-state index in [0.717, 1.165) is 17.8 Å². The van der Waals surface area contributed by atoms with Crippen LogP contribution in [0.15, 0.2) is 30.5 Å². The van der Waals surface area contributed by atoms with E-state index in [1.165, 1.54) is 13.2 Å². The largest absolute Gasteiger partial charge is 0.490 e. The molecule has 0 aliphatic carbocycles. The van der Waals surface area contributed by atoms with Crippen LogP contribution in [0.2, 0.25) is 0 Å². The molecule has 8 heteroatoms. The zero-order valence-electron chi connectivity index (χ0n) is 12.8. The molecule has 24 heavy (non-hydrogen) atoms. The number of hydrogen-bond acceptors (Lipinski definition) is 5. The van der Waals surface area contributed by atoms with Crippen molar-refractivity contribution in [3.8, 4) is 23.0 Å². The average Bonchev–Trinajstić information content (AvgIpc) is 2.54. The maximum atomic E-state index is 12.5. The summed E-state index contributed by atoms with van der Waals surface area (Å²) in [4.78, 5) is 3.36. The SMILES string of the molecule is COc1c(Oc2ccc(C(F)(F)F)nc2)ccc2c1OCCC2N. The maximum Gasteiger partial charge on any atom is 0.433 e. The summed E-state index contributed by atoms with van der Waals surface area (Å²) < 4.78 is 54.2. The Bertz CT molecular complexity index is 733. The number of nitrogens with two attached hydrogens (primary N) is 1. The fourth-order valence-electron chi connectivity index (χ4n) is 2.45. The first-order valence-corrected chi connectivity index (χ1v) is 7.20. The lowest BCUT2D eigenvalue weighted by atomic mass is 10.0. The van der Waals surface area contributed by atoms with Crippen LogP contribution in [0.4, 0.5) is 13.2 Å². The van der Waals surface area contributed by atoms with Gasteiger partial charge in [0.1, 0.15) is 11.4 Å². The van der Waals surface area contributed by atoms with E-state index in [0.29, 0.717) is 30.3 Å². The molecule has 2 N–H and O–H groups in total. The van der Waals surface area contributed by atoms with Gasteiger partial charge in [-0.1, -0.05) is 0 Å². The van der Waals surface area contributed by atoms with Crippen LogP contribution in [0.1, 0.15) is 23.7 Å². The molecule has 0 fully saturated rings. The van der Waals surface area contributed by atoms with Crippen molar-refractivity contribution in [3.05, 3.63) is 41.7 Å². The smallest absolute Gasteiger partial charge is 0.433 e. The molecule has 1 aromatic heterocycles. The van der Waals surface area contributed by atoms with Crippen molar-refractivity contribution in [1.29, 1.82) is 0 Å². The van der Waals surface area contributed by atoms with E-state index in [4.69, 9.17) is 19.9 Å². The fourth-order valence-corrected chi connectivity index (χ4v) is 2.45. The van der Waals surface area contributed by atoms with Crippen LogP contribution < -0.4 is 19.9 Å². The molecular weight excluding hydrogens is 325 g/mol. The number of benzene rings is 1. The summed E-state index contributed by atoms with van der Waals surface area (Å²) in [6, 6.07) is 5.29. The van der Waals surface area contributed by atoms with Gasteiger partial charge in [-0.3, -0.25) is 0 Å². The Labute approximate surface area is 136 Å². The summed E-state index contributed by atoms with van der Waals surface area (Å²) in [5.74, 6) is 1.31. The van der Waals surface area contributed by atoms with Crippen LogP contribution >= 0.6 is 0 Å². The zero-order chi connectivity index (χ0) is 17.3. The van der Waals surface area contributed by atoms with Crippen molar-refractivity contribution in [1.82, 2.24) is 4.98 Å². The number of nitrogens with zero attached hydrogens (tertiary/aromatic N) is 1. The van der Waals surface area contributed by atoms with E-state index in [1.807, 2.05) is 0 Å². The summed E-state index contributed by atoms with van der Waals surface area (Å²) in [6.45, 7) is 0.454. The lowest BCUT2D eigenvalue weighted by Gasteiger charge is -2.25. The van der Waals surface area contributed by atoms with E-state index in [1.54, 1.807) is 12.1 Å². The van der Waals surface area contributed by atoms with Crippen LogP contribution in [-0.2, 0) is 6.18 Å². The number of hydrogen-bond donors (Lipinski definition) is 1. The second-order valence-electron chi connectivity index (χ2n) is 5.24. The zero-order valence-corrected chi connectivity index (χ0v) is 12.8. The Morgan fingerprint density at radius 2 is 2.04 bits per heavy atom. The molecule has 128 valence electrons. The van der Waals surface area contributed by atoms with E-state index in [-0.39, 0.29) is 11.8 Å². The third-order valence-corrected chi connectivity index (χ3v) is 3.64. The average molecular weight is 340 g/mol. The minimum atomic E-state index is -4.49. The Kier molecular flexibility index (Phi) is 4.23. The van der Waals surface area contributed by atoms with Gasteiger partial charge in [-0.05, 0) is 24.3 Å². The Balaban J connectivity index is 1.90. The van der Waals surface area contributed by atoms with Gasteiger partial charge in [0.25, 0.3) is 0 Å². The third kappa shape index (κ3) is 3.09. The lowest BCUT2D eigenvalue weighted by Crippen LogP contribution is -2.21. The summed E-state index contributed by atoms with van der Waals surface area (Å²) >= 11 is 0. The Morgan fingerprint density at radius 3 is 2.67 bits per heavy atom. The van der Waals surface area contributed by atoms with Crippen LogP contribution in [0, 0.1) is 0 Å². The van der Waals surface area contributed by atoms with E-state index < -0.39 is 11.9 Å². The monoisotopic (exact) mass is 340 g/mol. The third-order valence-electron chi connectivity index (χ3n) is 3.64. The lowest BCUT2D eigenvalue weighted by molar-refractivity contribution is -0.141. The number of methoxy groups -OCH3 is 1. The number of rotatable bonds is 3. The standard InChI is InChI=1S/C16H15F3N2O3/c1-22-15-12(4-3-10-11(20)6-7-23-14(10)15)24-9-2-5-13(21-8-9)16(17,18)19/h2-5,8,11H,6-7,20H2,1H3. The molecule has 3 rings (SSSR count). The van der Waals surface area contributed by atoms with Crippen LogP contribution in [0.3, 0.4) is 0 Å². The van der Waals surface area contributed by atoms with Gasteiger partial charge < -0.3 is 19.9 Å². The summed E-state index contributed by atoms with van der Waals surface area (Å²) in [5.41, 5.74) is 5.85. The Hall–Kier alpha value is -2.48. The van der Waals surface area contributed by atoms with Crippen molar-refractivity contribution in [2.75, 3.05) is 13.7 Å². The van der Waals surface area contributed by atoms with Crippen molar-refractivity contribution >= 4 is 0 Å². The van der Waals surface area contributed by atoms with Crippen LogP contribution in [-0.4, -0.2) is 18.7 Å². The summed E-state index contributed by atoms with van der Waals surface area (Å²) in [6.07, 6.45) is -2.79. The van der Waals surface area contributed by atoms with Gasteiger partial charge in [0.15, 0.2) is 11.5 Å². The summed E-state index contributed by atoms with van der Waals surface area (Å²) in [7, 11) is 1.46. The second-order valence-corrected chi connectivity index (χ2v) is 5.24. The number of pyridine rings is 1. The van der Waals surface area contributed by atoms with Crippen LogP contribution in [0.5, 0.6) is 23.0 Å². The van der Waals surface area contributed by atoms with E-state index in [2.05, 4.69) is 4.98 Å². The normalized spacial score (nSPS) is 17.0. The molecule has 0 amide bonds. The number of aromatic nitrogens is 1. The van der Waals surface area contributed by atoms with Crippen molar-refractivity contribution in [3.63, 3.8) is 0 Å². The minimum absolute atomic E-state index is 0.154. The predicted octanol–water partition coefficient (Wildman–Crippen LogP) is 3.68. The molecule has 2 heterocycles. The quantitative estimate of drug-likeness (QED) is 0.923. The number of fused-ring (bicyclic) bond motifs is 1. The molecule has 1 aliphatic rings. The molecule has 0 radical (unpaired) electrons. The molecule has 0 spiro atoms. The number of halogens is 3. The topological polar surface area (TPSA) is 66.6 Å². The molecular formula is C16H15F3N2O3. The highest BCUT2D eigenvalue weighted by molar-refractivity contribution is 5.58. The van der Waals surface area contributed by atoms with Gasteiger partial charge in [0.2, 0.25) is 5.75 Å². The van der Waals surface area contributed by atoms with Gasteiger partial charge in [-0.25, -0.2) is 4.98 Å². The molecule has 1 aromatic carbocycles. The first kappa shape index (κ1) is 16.4. The fraction of sp³-hybridized carbons (Fsp3) is 0.312. The van der Waals surface area contributed by atoms with Gasteiger partial charge in [0.05, 0.1) is 19.9 Å². The van der Waals surface area contributed by atoms with Gasteiger partial charge in [-0.15, -0.1) is 0 Å². The molecule has 1 atom stereocenters. The van der Waals surface area contributed by atoms with Crippen molar-refractivity contribution in [2.24, 2.45) is 5.73 Å². The van der Waals surface area contributed by atoms with Gasteiger partial charge in [0, 0.05) is 18.0 Å². The van der Waals surface area contributed by atoms with Crippen molar-refractivity contribution < 1.29 is 27.4 Å². The first-order valence-electron chi connectivity index (χ1n) is 7.20. The van der Waals surface area contributed by atoms with Gasteiger partial charge in [-0.2, -0.15) is 13.2 Å². The predicted molar refractivity (Wildman–Crippen MR) is 79.3 cm³/mol. The number of ether oxygens (including phenoxy) is 3. The van der Waals surface area contributed by atoms with E-state index >= 15 is 0 Å². The molecule has 2 aromatic rings. The highest BCUT2D eigenvalue weighted by atomic mass is 19.4. The maximum absolute atomic E-state index is 12.5. The molecule has 0 bridgehead atoms. The minimum Gasteiger partial charge on any atom is -0.490 e. The Morgan fingerprint density at radius 1 is 1.25 bits per heavy atom. The van der Waals surface area contributed by atoms with Crippen LogP contribution in [0.25, 0.3) is 0 Å². The molecule has 5 nitrogen and oxygen atoms in total. The van der Waals surface area contributed by atoms with Crippen molar-refractivity contribution in [2.45, 2.75) is 18.6 Å². The summed E-state index contributed by atoms with van der Waals surface area (Å²) in [5, 5.41) is 0. The number of alkyl halides is 3. The molecule has 0 saturated heterocycles. The van der Waals surface area contributed by atoms with E-state index in [9.17, 15) is 13.2 Å². The first-order chi connectivity index (χ1) is 11.4. The van der Waals surface area contributed by atoms with Gasteiger partial charge >= 0.3 is 6.18 Å². The second kappa shape index (κ2) is 6.20. The molecule has 0 saturated carbocycles. The highest BCUT2D eigenvalue weighted by Crippen LogP contribution is 2.45. The molecule has 1 unspecified atom stereocenters.